The van der Waals surface area contributed by atoms with Gasteiger partial charge in [-0.3, -0.25) is 4.99 Å². The number of nitrogens with one attached hydrogen (secondary N) is 1. The van der Waals surface area contributed by atoms with Crippen molar-refractivity contribution in [3.8, 4) is 11.5 Å². The lowest BCUT2D eigenvalue weighted by Crippen LogP contribution is -2.28. The molecule has 1 N–H and O–H groups in total. The first-order chi connectivity index (χ1) is 19.6. The van der Waals surface area contributed by atoms with Gasteiger partial charge in [-0.2, -0.15) is 0 Å². The number of anilines is 1. The van der Waals surface area contributed by atoms with Gasteiger partial charge in [0.25, 0.3) is 0 Å². The van der Waals surface area contributed by atoms with Crippen LogP contribution in [0.2, 0.25) is 5.02 Å². The monoisotopic (exact) mass is 552 g/mol. The van der Waals surface area contributed by atoms with E-state index in [1.165, 1.54) is 22.9 Å². The largest absolute Gasteiger partial charge is 0.490 e. The Morgan fingerprint density at radius 1 is 1.00 bits per heavy atom. The highest BCUT2D eigenvalue weighted by atomic mass is 35.5. The normalized spacial score (nSPS) is 19.2. The molecule has 0 bridgehead atoms. The molecule has 6 rings (SSSR count). The van der Waals surface area contributed by atoms with E-state index in [2.05, 4.69) is 58.9 Å². The van der Waals surface area contributed by atoms with E-state index in [9.17, 15) is 4.39 Å². The van der Waals surface area contributed by atoms with Crippen LogP contribution in [0.3, 0.4) is 0 Å². The van der Waals surface area contributed by atoms with Gasteiger partial charge in [-0.1, -0.05) is 72.3 Å². The molecule has 0 aromatic heterocycles. The van der Waals surface area contributed by atoms with Crippen molar-refractivity contribution in [2.75, 3.05) is 11.9 Å². The van der Waals surface area contributed by atoms with E-state index in [-0.39, 0.29) is 18.5 Å². The second kappa shape index (κ2) is 11.6. The minimum absolute atomic E-state index is 0.0470. The van der Waals surface area contributed by atoms with Crippen molar-refractivity contribution in [3.63, 3.8) is 0 Å². The summed E-state index contributed by atoms with van der Waals surface area (Å²) < 4.78 is 25.7. The maximum Gasteiger partial charge on any atom is 0.180 e. The van der Waals surface area contributed by atoms with Gasteiger partial charge in [0.15, 0.2) is 11.5 Å². The minimum atomic E-state index is -0.324. The summed E-state index contributed by atoms with van der Waals surface area (Å²) >= 11 is 6.57. The van der Waals surface area contributed by atoms with Crippen LogP contribution in [0, 0.1) is 11.7 Å². The molecular weight excluding hydrogens is 523 g/mol. The zero-order valence-corrected chi connectivity index (χ0v) is 22.9. The molecule has 202 valence electrons. The van der Waals surface area contributed by atoms with E-state index in [4.69, 9.17) is 21.1 Å². The molecule has 4 nitrogen and oxygen atoms in total. The second-order valence-corrected chi connectivity index (χ2v) is 10.5. The topological polar surface area (TPSA) is 42.8 Å². The molecule has 1 heterocycles. The predicted molar refractivity (Wildman–Crippen MR) is 160 cm³/mol. The quantitative estimate of drug-likeness (QED) is 0.175. The molecule has 0 fully saturated rings. The number of halogens is 2. The van der Waals surface area contributed by atoms with Crippen LogP contribution >= 0.6 is 11.6 Å². The Labute approximate surface area is 239 Å². The number of benzene rings is 4. The molecule has 6 heteroatoms. The van der Waals surface area contributed by atoms with Crippen molar-refractivity contribution < 1.29 is 13.9 Å². The summed E-state index contributed by atoms with van der Waals surface area (Å²) in [5, 5.41) is 4.15. The number of nitrogens with zero attached hydrogens (tertiary/aromatic N) is 1. The zero-order chi connectivity index (χ0) is 27.5. The summed E-state index contributed by atoms with van der Waals surface area (Å²) in [6.45, 7) is 2.37. The van der Waals surface area contributed by atoms with Crippen molar-refractivity contribution in [1.82, 2.24) is 0 Å². The lowest BCUT2D eigenvalue weighted by Gasteiger charge is -2.37. The Balaban J connectivity index is 1.18. The molecule has 0 saturated carbocycles. The number of para-hydroxylation sites is 1. The van der Waals surface area contributed by atoms with Crippen LogP contribution in [0.4, 0.5) is 15.8 Å². The van der Waals surface area contributed by atoms with Crippen LogP contribution < -0.4 is 14.8 Å². The van der Waals surface area contributed by atoms with Crippen LogP contribution in [0.5, 0.6) is 11.5 Å². The van der Waals surface area contributed by atoms with Crippen LogP contribution in [0.25, 0.3) is 0 Å². The summed E-state index contributed by atoms with van der Waals surface area (Å²) in [4.78, 5) is 4.68. The molecule has 0 amide bonds. The molecule has 0 saturated heterocycles. The molecule has 0 unspecified atom stereocenters. The van der Waals surface area contributed by atoms with E-state index in [0.717, 1.165) is 17.7 Å². The third-order valence-corrected chi connectivity index (χ3v) is 7.83. The van der Waals surface area contributed by atoms with Crippen molar-refractivity contribution in [1.29, 1.82) is 0 Å². The van der Waals surface area contributed by atoms with Crippen molar-refractivity contribution in [3.05, 3.63) is 130 Å². The number of fused-ring (bicyclic) bond motifs is 3. The average molecular weight is 553 g/mol. The highest BCUT2D eigenvalue weighted by molar-refractivity contribution is 6.32. The fraction of sp³-hybridized carbons (Fsp3) is 0.206. The molecule has 3 atom stereocenters. The maximum atomic E-state index is 14.0. The Bertz CT molecular complexity index is 1570. The highest BCUT2D eigenvalue weighted by Crippen LogP contribution is 2.49. The van der Waals surface area contributed by atoms with Gasteiger partial charge >= 0.3 is 0 Å². The lowest BCUT2D eigenvalue weighted by atomic mass is 9.77. The molecular formula is C34H30ClFN2O2. The lowest BCUT2D eigenvalue weighted by molar-refractivity contribution is 0.266. The van der Waals surface area contributed by atoms with Crippen molar-refractivity contribution in [2.45, 2.75) is 31.9 Å². The fourth-order valence-electron chi connectivity index (χ4n) is 5.62. The molecule has 2 aliphatic rings. The van der Waals surface area contributed by atoms with Crippen LogP contribution in [0.1, 0.15) is 47.6 Å². The first kappa shape index (κ1) is 26.1. The Morgan fingerprint density at radius 3 is 2.62 bits per heavy atom. The van der Waals surface area contributed by atoms with Gasteiger partial charge in [0, 0.05) is 23.4 Å². The van der Waals surface area contributed by atoms with Crippen LogP contribution in [0.15, 0.2) is 102 Å². The first-order valence-corrected chi connectivity index (χ1v) is 14.0. The Kier molecular flexibility index (Phi) is 7.56. The van der Waals surface area contributed by atoms with E-state index >= 15 is 0 Å². The van der Waals surface area contributed by atoms with E-state index in [1.807, 2.05) is 25.1 Å². The van der Waals surface area contributed by atoms with E-state index in [1.54, 1.807) is 30.5 Å². The number of hydrogen-bond donors (Lipinski definition) is 1. The molecule has 1 aliphatic heterocycles. The highest BCUT2D eigenvalue weighted by Gasteiger charge is 2.37. The summed E-state index contributed by atoms with van der Waals surface area (Å²) in [5.74, 6) is 1.50. The van der Waals surface area contributed by atoms with Gasteiger partial charge in [-0.05, 0) is 72.4 Å². The Morgan fingerprint density at radius 2 is 1.80 bits per heavy atom. The third-order valence-electron chi connectivity index (χ3n) is 7.55. The molecule has 40 heavy (non-hydrogen) atoms. The van der Waals surface area contributed by atoms with Gasteiger partial charge in [-0.25, -0.2) is 4.39 Å². The summed E-state index contributed by atoms with van der Waals surface area (Å²) in [6.07, 6.45) is 7.49. The van der Waals surface area contributed by atoms with Gasteiger partial charge in [-0.15, -0.1) is 0 Å². The van der Waals surface area contributed by atoms with Crippen molar-refractivity contribution >= 4 is 29.2 Å². The summed E-state index contributed by atoms with van der Waals surface area (Å²) in [5.41, 5.74) is 5.92. The number of hydrogen-bond acceptors (Lipinski definition) is 4. The van der Waals surface area contributed by atoms with Gasteiger partial charge in [0.05, 0.1) is 23.4 Å². The standard InChI is InChI=1S/C34H30ClFN2O2/c1-2-39-32-19-22(18-29(35)34(32)40-21-24-8-3-5-12-30(24)36)20-37-25-16-14-23(15-17-25)33-28-11-7-10-26(28)27-9-4-6-13-31(27)38-33/h3-10,12-20,26,28,33,38H,2,11,21H2,1H3/t26-,28+,33+/m1/s1. The zero-order valence-electron chi connectivity index (χ0n) is 22.2. The smallest absolute Gasteiger partial charge is 0.180 e. The predicted octanol–water partition coefficient (Wildman–Crippen LogP) is 9.03. The van der Waals surface area contributed by atoms with E-state index in [0.29, 0.717) is 40.5 Å². The Hall–Kier alpha value is -4.09. The summed E-state index contributed by atoms with van der Waals surface area (Å²) in [6, 6.07) is 27.4. The number of allylic oxidation sites excluding steroid dienone is 2. The van der Waals surface area contributed by atoms with Gasteiger partial charge in [0.2, 0.25) is 0 Å². The third kappa shape index (κ3) is 5.34. The molecule has 0 spiro atoms. The SMILES string of the molecule is CCOc1cc(C=Nc2ccc([C@@H]3Nc4ccccc4[C@H]4C=CC[C@@H]43)cc2)cc(Cl)c1OCc1ccccc1F. The minimum Gasteiger partial charge on any atom is -0.490 e. The van der Waals surface area contributed by atoms with Gasteiger partial charge in [0.1, 0.15) is 12.4 Å². The second-order valence-electron chi connectivity index (χ2n) is 10.1. The number of aliphatic imine (C=N–C) groups is 1. The number of rotatable bonds is 8. The first-order valence-electron chi connectivity index (χ1n) is 13.6. The fourth-order valence-corrected chi connectivity index (χ4v) is 5.89. The molecule has 4 aromatic carbocycles. The maximum absolute atomic E-state index is 14.0. The van der Waals surface area contributed by atoms with Crippen LogP contribution in [-0.4, -0.2) is 12.8 Å². The average Bonchev–Trinajstić information content (AvgIpc) is 3.47. The number of ether oxygens (including phenoxy) is 2. The summed E-state index contributed by atoms with van der Waals surface area (Å²) in [7, 11) is 0. The molecule has 1 aliphatic carbocycles. The van der Waals surface area contributed by atoms with Gasteiger partial charge < -0.3 is 14.8 Å². The molecule has 4 aromatic rings. The van der Waals surface area contributed by atoms with Crippen molar-refractivity contribution in [2.24, 2.45) is 10.9 Å². The van der Waals surface area contributed by atoms with Crippen LogP contribution in [-0.2, 0) is 6.61 Å². The molecule has 0 radical (unpaired) electrons. The van der Waals surface area contributed by atoms with E-state index < -0.39 is 0 Å².